The average molecular weight is 305 g/mol. The zero-order valence-corrected chi connectivity index (χ0v) is 12.7. The van der Waals surface area contributed by atoms with Crippen molar-refractivity contribution in [2.45, 2.75) is 20.3 Å². The van der Waals surface area contributed by atoms with Crippen LogP contribution in [0.2, 0.25) is 5.15 Å². The lowest BCUT2D eigenvalue weighted by Crippen LogP contribution is -2.14. The number of amides is 1. The molecule has 0 atom stereocenters. The number of nitrogens with zero attached hydrogens (tertiary/aromatic N) is 2. The number of aryl methyl sites for hydroxylation is 1. The van der Waals surface area contributed by atoms with Gasteiger partial charge in [0.2, 0.25) is 0 Å². The second kappa shape index (κ2) is 7.04. The van der Waals surface area contributed by atoms with E-state index in [0.717, 1.165) is 18.5 Å². The zero-order valence-electron chi connectivity index (χ0n) is 12.0. The number of hydrogen-bond acceptors (Lipinski definition) is 4. The molecule has 0 radical (unpaired) electrons. The average Bonchev–Trinajstić information content (AvgIpc) is 2.47. The highest BCUT2D eigenvalue weighted by Gasteiger charge is 2.11. The minimum atomic E-state index is -0.241. The van der Waals surface area contributed by atoms with Crippen LogP contribution in [0.15, 0.2) is 30.6 Å². The first-order chi connectivity index (χ1) is 10.1. The van der Waals surface area contributed by atoms with Crippen LogP contribution in [0, 0.1) is 6.92 Å². The standard InChI is InChI=1S/C15H17ClN4O/c1-3-5-18-14-8-11(7-13(16)20-14)15(21)19-12-9-17-6-4-10(12)2/h4,6-9H,3,5H2,1-2H3,(H,18,20)(H,19,21). The van der Waals surface area contributed by atoms with Gasteiger partial charge in [-0.25, -0.2) is 4.98 Å². The van der Waals surface area contributed by atoms with Crippen molar-refractivity contribution in [2.24, 2.45) is 0 Å². The number of carbonyl (C=O) groups excluding carboxylic acids is 1. The van der Waals surface area contributed by atoms with E-state index in [1.54, 1.807) is 24.5 Å². The molecule has 0 spiro atoms. The molecule has 1 amide bonds. The number of anilines is 2. The lowest BCUT2D eigenvalue weighted by Gasteiger charge is -2.10. The van der Waals surface area contributed by atoms with Crippen LogP contribution >= 0.6 is 11.6 Å². The first kappa shape index (κ1) is 15.3. The van der Waals surface area contributed by atoms with Gasteiger partial charge in [-0.1, -0.05) is 18.5 Å². The van der Waals surface area contributed by atoms with Crippen LogP contribution in [0.1, 0.15) is 29.3 Å². The summed E-state index contributed by atoms with van der Waals surface area (Å²) in [5.41, 5.74) is 2.08. The van der Waals surface area contributed by atoms with Crippen LogP contribution in [0.4, 0.5) is 11.5 Å². The van der Waals surface area contributed by atoms with E-state index in [1.807, 2.05) is 13.0 Å². The van der Waals surface area contributed by atoms with E-state index >= 15 is 0 Å². The van der Waals surface area contributed by atoms with Gasteiger partial charge in [0.15, 0.2) is 0 Å². The molecule has 110 valence electrons. The molecule has 2 aromatic heterocycles. The van der Waals surface area contributed by atoms with Gasteiger partial charge in [0.25, 0.3) is 5.91 Å². The molecule has 0 aliphatic rings. The number of rotatable bonds is 5. The molecule has 0 aromatic carbocycles. The maximum atomic E-state index is 12.3. The Morgan fingerprint density at radius 1 is 1.38 bits per heavy atom. The normalized spacial score (nSPS) is 10.2. The Bertz CT molecular complexity index is 645. The van der Waals surface area contributed by atoms with Gasteiger partial charge in [0, 0.05) is 18.3 Å². The Morgan fingerprint density at radius 2 is 2.19 bits per heavy atom. The molecule has 6 heteroatoms. The Morgan fingerprint density at radius 3 is 2.90 bits per heavy atom. The van der Waals surface area contributed by atoms with Crippen molar-refractivity contribution in [3.05, 3.63) is 46.9 Å². The molecule has 0 unspecified atom stereocenters. The van der Waals surface area contributed by atoms with Crippen LogP contribution in [0.25, 0.3) is 0 Å². The maximum absolute atomic E-state index is 12.3. The highest BCUT2D eigenvalue weighted by atomic mass is 35.5. The third-order valence-electron chi connectivity index (χ3n) is 2.90. The third-order valence-corrected chi connectivity index (χ3v) is 3.09. The first-order valence-electron chi connectivity index (χ1n) is 6.73. The molecule has 2 heterocycles. The van der Waals surface area contributed by atoms with Crippen molar-refractivity contribution in [3.8, 4) is 0 Å². The molecule has 5 nitrogen and oxygen atoms in total. The lowest BCUT2D eigenvalue weighted by molar-refractivity contribution is 0.102. The fourth-order valence-electron chi connectivity index (χ4n) is 1.76. The summed E-state index contributed by atoms with van der Waals surface area (Å²) in [4.78, 5) is 20.4. The van der Waals surface area contributed by atoms with E-state index in [0.29, 0.717) is 17.1 Å². The van der Waals surface area contributed by atoms with Gasteiger partial charge in [0.05, 0.1) is 11.9 Å². The van der Waals surface area contributed by atoms with Crippen LogP contribution in [-0.4, -0.2) is 22.4 Å². The van der Waals surface area contributed by atoms with Gasteiger partial charge < -0.3 is 10.6 Å². The smallest absolute Gasteiger partial charge is 0.255 e. The minimum absolute atomic E-state index is 0.241. The van der Waals surface area contributed by atoms with Gasteiger partial charge in [-0.15, -0.1) is 0 Å². The quantitative estimate of drug-likeness (QED) is 0.830. The fourth-order valence-corrected chi connectivity index (χ4v) is 1.97. The predicted octanol–water partition coefficient (Wildman–Crippen LogP) is 3.51. The number of halogens is 1. The van der Waals surface area contributed by atoms with Crippen molar-refractivity contribution in [2.75, 3.05) is 17.2 Å². The topological polar surface area (TPSA) is 66.9 Å². The van der Waals surface area contributed by atoms with E-state index in [-0.39, 0.29) is 11.1 Å². The summed E-state index contributed by atoms with van der Waals surface area (Å²) in [5.74, 6) is 0.354. The van der Waals surface area contributed by atoms with Gasteiger partial charge in [0.1, 0.15) is 11.0 Å². The second-order valence-electron chi connectivity index (χ2n) is 4.64. The minimum Gasteiger partial charge on any atom is -0.370 e. The molecule has 2 aromatic rings. The Kier molecular flexibility index (Phi) is 5.11. The number of nitrogens with one attached hydrogen (secondary N) is 2. The molecule has 0 aliphatic heterocycles. The summed E-state index contributed by atoms with van der Waals surface area (Å²) in [7, 11) is 0. The van der Waals surface area contributed by atoms with Crippen molar-refractivity contribution in [1.82, 2.24) is 9.97 Å². The van der Waals surface area contributed by atoms with E-state index in [2.05, 4.69) is 27.5 Å². The summed E-state index contributed by atoms with van der Waals surface area (Å²) in [6, 6.07) is 5.06. The largest absolute Gasteiger partial charge is 0.370 e. The monoisotopic (exact) mass is 304 g/mol. The van der Waals surface area contributed by atoms with E-state index in [4.69, 9.17) is 11.6 Å². The van der Waals surface area contributed by atoms with Crippen molar-refractivity contribution >= 4 is 29.0 Å². The second-order valence-corrected chi connectivity index (χ2v) is 5.02. The third kappa shape index (κ3) is 4.16. The highest BCUT2D eigenvalue weighted by molar-refractivity contribution is 6.30. The Balaban J connectivity index is 2.19. The van der Waals surface area contributed by atoms with Crippen molar-refractivity contribution in [1.29, 1.82) is 0 Å². The molecule has 0 fully saturated rings. The molecule has 0 bridgehead atoms. The molecule has 21 heavy (non-hydrogen) atoms. The molecule has 0 saturated carbocycles. The summed E-state index contributed by atoms with van der Waals surface area (Å²) in [6.07, 6.45) is 4.26. The number of aromatic nitrogens is 2. The van der Waals surface area contributed by atoms with Gasteiger partial charge in [-0.3, -0.25) is 9.78 Å². The summed E-state index contributed by atoms with van der Waals surface area (Å²) in [5, 5.41) is 6.22. The van der Waals surface area contributed by atoms with Crippen LogP contribution in [-0.2, 0) is 0 Å². The molecule has 2 rings (SSSR count). The number of carbonyl (C=O) groups is 1. The zero-order chi connectivity index (χ0) is 15.2. The summed E-state index contributed by atoms with van der Waals surface area (Å²) in [6.45, 7) is 4.73. The Hall–Kier alpha value is -2.14. The molecule has 0 saturated heterocycles. The Labute approximate surface area is 128 Å². The molecule has 0 aliphatic carbocycles. The first-order valence-corrected chi connectivity index (χ1v) is 7.11. The van der Waals surface area contributed by atoms with E-state index < -0.39 is 0 Å². The number of hydrogen-bond donors (Lipinski definition) is 2. The highest BCUT2D eigenvalue weighted by Crippen LogP contribution is 2.17. The number of pyridine rings is 2. The van der Waals surface area contributed by atoms with Gasteiger partial charge in [-0.05, 0) is 37.1 Å². The molecule has 2 N–H and O–H groups in total. The van der Waals surface area contributed by atoms with Crippen LogP contribution in [0.5, 0.6) is 0 Å². The van der Waals surface area contributed by atoms with Crippen LogP contribution < -0.4 is 10.6 Å². The molecular formula is C15H17ClN4O. The van der Waals surface area contributed by atoms with E-state index in [9.17, 15) is 4.79 Å². The maximum Gasteiger partial charge on any atom is 0.255 e. The summed E-state index contributed by atoms with van der Waals surface area (Å²) < 4.78 is 0. The lowest BCUT2D eigenvalue weighted by atomic mass is 10.2. The van der Waals surface area contributed by atoms with Gasteiger partial charge >= 0.3 is 0 Å². The van der Waals surface area contributed by atoms with Crippen molar-refractivity contribution < 1.29 is 4.79 Å². The summed E-state index contributed by atoms with van der Waals surface area (Å²) >= 11 is 5.96. The van der Waals surface area contributed by atoms with Crippen molar-refractivity contribution in [3.63, 3.8) is 0 Å². The van der Waals surface area contributed by atoms with Gasteiger partial charge in [-0.2, -0.15) is 0 Å². The fraction of sp³-hybridized carbons (Fsp3) is 0.267. The van der Waals surface area contributed by atoms with Crippen LogP contribution in [0.3, 0.4) is 0 Å². The predicted molar refractivity (Wildman–Crippen MR) is 85.0 cm³/mol. The molecular weight excluding hydrogens is 288 g/mol. The SMILES string of the molecule is CCCNc1cc(C(=O)Nc2cnccc2C)cc(Cl)n1. The van der Waals surface area contributed by atoms with E-state index in [1.165, 1.54) is 0 Å².